The normalized spacial score (nSPS) is 21.9. The van der Waals surface area contributed by atoms with Crippen molar-refractivity contribution in [2.24, 2.45) is 0 Å². The predicted octanol–water partition coefficient (Wildman–Crippen LogP) is 2.99. The molecular weight excluding hydrogens is 434 g/mol. The lowest BCUT2D eigenvalue weighted by molar-refractivity contribution is -0.144. The molecule has 3 aliphatic rings. The van der Waals surface area contributed by atoms with E-state index in [-0.39, 0.29) is 23.9 Å². The zero-order chi connectivity index (χ0) is 24.1. The maximum atomic E-state index is 13.7. The number of carbonyl (C=O) groups is 2. The molecule has 3 heterocycles. The first kappa shape index (κ1) is 24.9. The van der Waals surface area contributed by atoms with E-state index in [9.17, 15) is 9.59 Å². The lowest BCUT2D eigenvalue weighted by atomic mass is 9.89. The molecule has 1 aromatic carbocycles. The van der Waals surface area contributed by atoms with Gasteiger partial charge in [0.25, 0.3) is 11.8 Å². The smallest absolute Gasteiger partial charge is 0.271 e. The molecule has 0 aliphatic carbocycles. The van der Waals surface area contributed by atoms with Gasteiger partial charge in [0.1, 0.15) is 5.75 Å². The van der Waals surface area contributed by atoms with E-state index in [4.69, 9.17) is 14.2 Å². The van der Waals surface area contributed by atoms with Crippen LogP contribution in [0.5, 0.6) is 5.75 Å². The molecule has 2 saturated heterocycles. The Hall–Kier alpha value is -2.16. The van der Waals surface area contributed by atoms with Gasteiger partial charge in [-0.05, 0) is 64.3 Å². The van der Waals surface area contributed by atoms with Crippen molar-refractivity contribution in [2.45, 2.75) is 70.1 Å². The Morgan fingerprint density at radius 3 is 2.76 bits per heavy atom. The summed E-state index contributed by atoms with van der Waals surface area (Å²) in [6.07, 6.45) is 4.82. The number of hydrogen-bond donors (Lipinski definition) is 1. The second-order valence-electron chi connectivity index (χ2n) is 9.85. The molecule has 0 aromatic heterocycles. The highest BCUT2D eigenvalue weighted by Crippen LogP contribution is 2.42. The number of unbranched alkanes of at least 4 members (excludes halogenated alkanes) is 1. The van der Waals surface area contributed by atoms with Crippen LogP contribution < -0.4 is 15.0 Å². The lowest BCUT2D eigenvalue weighted by Crippen LogP contribution is -2.58. The number of rotatable bonds is 8. The molecule has 34 heavy (non-hydrogen) atoms. The van der Waals surface area contributed by atoms with E-state index in [1.807, 2.05) is 28.0 Å². The Bertz CT molecular complexity index is 862. The number of anilines is 1. The zero-order valence-corrected chi connectivity index (χ0v) is 20.8. The monoisotopic (exact) mass is 473 g/mol. The van der Waals surface area contributed by atoms with E-state index in [0.29, 0.717) is 56.2 Å². The van der Waals surface area contributed by atoms with Gasteiger partial charge in [0.05, 0.1) is 18.9 Å². The Labute approximate surface area is 202 Å². The minimum atomic E-state index is -0.879. The number of hydrogen-bond acceptors (Lipinski definition) is 6. The van der Waals surface area contributed by atoms with Gasteiger partial charge in [0, 0.05) is 57.3 Å². The number of fused-ring (bicyclic) bond motifs is 1. The number of nitrogens with one attached hydrogen (secondary N) is 1. The van der Waals surface area contributed by atoms with Crippen LogP contribution in [0.4, 0.5) is 5.69 Å². The van der Waals surface area contributed by atoms with Crippen LogP contribution in [0.3, 0.4) is 0 Å². The summed E-state index contributed by atoms with van der Waals surface area (Å²) in [5.74, 6) is 0.646. The number of methoxy groups -OCH3 is 1. The van der Waals surface area contributed by atoms with Crippen LogP contribution in [-0.4, -0.2) is 81.0 Å². The van der Waals surface area contributed by atoms with Crippen molar-refractivity contribution in [1.29, 1.82) is 0 Å². The topological polar surface area (TPSA) is 80.3 Å². The number of benzene rings is 1. The highest BCUT2D eigenvalue weighted by molar-refractivity contribution is 6.05. The second-order valence-corrected chi connectivity index (χ2v) is 9.85. The van der Waals surface area contributed by atoms with Gasteiger partial charge in [-0.2, -0.15) is 0 Å². The van der Waals surface area contributed by atoms with Crippen LogP contribution in [0.25, 0.3) is 0 Å². The molecule has 1 N–H and O–H groups in total. The highest BCUT2D eigenvalue weighted by atomic mass is 16.5. The summed E-state index contributed by atoms with van der Waals surface area (Å²) in [4.78, 5) is 31.2. The molecule has 1 spiro atoms. The number of ether oxygens (including phenoxy) is 3. The van der Waals surface area contributed by atoms with E-state index >= 15 is 0 Å². The molecule has 1 atom stereocenters. The fourth-order valence-electron chi connectivity index (χ4n) is 5.35. The third kappa shape index (κ3) is 5.09. The lowest BCUT2D eigenvalue weighted by Gasteiger charge is -2.44. The minimum absolute atomic E-state index is 0.00429. The number of nitrogens with zero attached hydrogens (tertiary/aromatic N) is 2. The minimum Gasteiger partial charge on any atom is -0.475 e. The third-order valence-electron chi connectivity index (χ3n) is 7.17. The molecule has 0 bridgehead atoms. The van der Waals surface area contributed by atoms with E-state index in [1.165, 1.54) is 0 Å². The van der Waals surface area contributed by atoms with Gasteiger partial charge < -0.3 is 29.3 Å². The number of carbonyl (C=O) groups excluding carboxylic acids is 2. The molecule has 0 saturated carbocycles. The van der Waals surface area contributed by atoms with Gasteiger partial charge in [0.15, 0.2) is 5.60 Å². The quantitative estimate of drug-likeness (QED) is 0.585. The fourth-order valence-corrected chi connectivity index (χ4v) is 5.35. The first-order chi connectivity index (χ1) is 16.5. The number of amides is 2. The molecule has 8 heteroatoms. The van der Waals surface area contributed by atoms with Crippen LogP contribution in [-0.2, 0) is 14.3 Å². The van der Waals surface area contributed by atoms with Crippen LogP contribution in [0.15, 0.2) is 18.2 Å². The van der Waals surface area contributed by atoms with Crippen molar-refractivity contribution in [3.63, 3.8) is 0 Å². The van der Waals surface area contributed by atoms with Crippen LogP contribution in [0.1, 0.15) is 62.7 Å². The zero-order valence-electron chi connectivity index (χ0n) is 20.8. The predicted molar refractivity (Wildman–Crippen MR) is 131 cm³/mol. The van der Waals surface area contributed by atoms with Gasteiger partial charge >= 0.3 is 0 Å². The van der Waals surface area contributed by atoms with Gasteiger partial charge in [-0.15, -0.1) is 0 Å². The molecule has 2 amide bonds. The summed E-state index contributed by atoms with van der Waals surface area (Å²) in [6.45, 7) is 8.18. The molecule has 8 nitrogen and oxygen atoms in total. The van der Waals surface area contributed by atoms with Crippen molar-refractivity contribution in [3.8, 4) is 5.75 Å². The van der Waals surface area contributed by atoms with Gasteiger partial charge in [-0.25, -0.2) is 0 Å². The molecular formula is C26H39N3O5. The average Bonchev–Trinajstić information content (AvgIpc) is 2.85. The summed E-state index contributed by atoms with van der Waals surface area (Å²) in [5, 5.41) is 3.42. The SMILES string of the molecule is COCCCCN1C(=O)C2(CCOCC2)Oc2ccc(C(=O)N(C(C)C)C3CCCNC3)cc21. The first-order valence-corrected chi connectivity index (χ1v) is 12.7. The summed E-state index contributed by atoms with van der Waals surface area (Å²) < 4.78 is 17.1. The summed E-state index contributed by atoms with van der Waals surface area (Å²) in [6, 6.07) is 5.82. The molecule has 1 aromatic rings. The van der Waals surface area contributed by atoms with E-state index < -0.39 is 5.60 Å². The third-order valence-corrected chi connectivity index (χ3v) is 7.17. The largest absolute Gasteiger partial charge is 0.475 e. The molecule has 0 radical (unpaired) electrons. The Morgan fingerprint density at radius 2 is 2.09 bits per heavy atom. The maximum absolute atomic E-state index is 13.7. The Morgan fingerprint density at radius 1 is 1.29 bits per heavy atom. The van der Waals surface area contributed by atoms with Gasteiger partial charge in [-0.1, -0.05) is 0 Å². The first-order valence-electron chi connectivity index (χ1n) is 12.7. The van der Waals surface area contributed by atoms with Crippen molar-refractivity contribution >= 4 is 17.5 Å². The van der Waals surface area contributed by atoms with Crippen LogP contribution >= 0.6 is 0 Å². The molecule has 2 fully saturated rings. The second kappa shape index (κ2) is 11.1. The molecule has 3 aliphatic heterocycles. The number of piperidine rings is 1. The Balaban J connectivity index is 1.64. The Kier molecular flexibility index (Phi) is 8.11. The van der Waals surface area contributed by atoms with E-state index in [2.05, 4.69) is 19.2 Å². The van der Waals surface area contributed by atoms with Gasteiger partial charge in [-0.3, -0.25) is 9.59 Å². The van der Waals surface area contributed by atoms with Crippen LogP contribution in [0, 0.1) is 0 Å². The van der Waals surface area contributed by atoms with Crippen molar-refractivity contribution in [2.75, 3.05) is 51.5 Å². The van der Waals surface area contributed by atoms with Crippen molar-refractivity contribution < 1.29 is 23.8 Å². The maximum Gasteiger partial charge on any atom is 0.271 e. The van der Waals surface area contributed by atoms with Crippen molar-refractivity contribution in [1.82, 2.24) is 10.2 Å². The standard InChI is InChI=1S/C26H39N3O5/c1-19(2)29(21-7-6-12-27-18-21)24(30)20-8-9-23-22(17-20)28(13-4-5-14-32-3)25(31)26(34-23)10-15-33-16-11-26/h8-9,17,19,21,27H,4-7,10-16,18H2,1-3H3. The van der Waals surface area contributed by atoms with E-state index in [1.54, 1.807) is 7.11 Å². The average molecular weight is 474 g/mol. The van der Waals surface area contributed by atoms with Crippen molar-refractivity contribution in [3.05, 3.63) is 23.8 Å². The summed E-state index contributed by atoms with van der Waals surface area (Å²) in [5.41, 5.74) is 0.408. The highest BCUT2D eigenvalue weighted by Gasteiger charge is 2.49. The van der Waals surface area contributed by atoms with Crippen LogP contribution in [0.2, 0.25) is 0 Å². The fraction of sp³-hybridized carbons (Fsp3) is 0.692. The summed E-state index contributed by atoms with van der Waals surface area (Å²) in [7, 11) is 1.69. The summed E-state index contributed by atoms with van der Waals surface area (Å²) >= 11 is 0. The van der Waals surface area contributed by atoms with E-state index in [0.717, 1.165) is 38.8 Å². The molecule has 1 unspecified atom stereocenters. The molecule has 188 valence electrons. The molecule has 4 rings (SSSR count). The van der Waals surface area contributed by atoms with Gasteiger partial charge in [0.2, 0.25) is 0 Å².